The van der Waals surface area contributed by atoms with Gasteiger partial charge in [-0.3, -0.25) is 0 Å². The summed E-state index contributed by atoms with van der Waals surface area (Å²) in [5.74, 6) is 2.37. The molecule has 3 saturated heterocycles. The number of piperazine rings is 1. The number of amides is 2. The smallest absolute Gasteiger partial charge is 0.322 e. The Morgan fingerprint density at radius 1 is 1.24 bits per heavy atom. The Bertz CT molecular complexity index is 785. The highest BCUT2D eigenvalue weighted by atomic mass is 16.5. The second-order valence-corrected chi connectivity index (χ2v) is 6.45. The van der Waals surface area contributed by atoms with Gasteiger partial charge in [-0.05, 0) is 31.5 Å². The van der Waals surface area contributed by atoms with Gasteiger partial charge in [0, 0.05) is 19.3 Å². The maximum atomic E-state index is 12.7. The van der Waals surface area contributed by atoms with Gasteiger partial charge in [0.1, 0.15) is 17.4 Å². The standard InChI is InChI=1S/C18H21N5O2/c1-12-19-8-7-17(20-12)22-10-13-9-14(11-22)23(13)18(24)21-15-5-3-4-6-16(15)25-2/h3-8,13-14H,9-11H2,1-2H3,(H,21,24). The van der Waals surface area contributed by atoms with E-state index in [9.17, 15) is 4.79 Å². The molecule has 7 heteroatoms. The van der Waals surface area contributed by atoms with Crippen LogP contribution < -0.4 is 15.0 Å². The summed E-state index contributed by atoms with van der Waals surface area (Å²) in [5, 5.41) is 2.97. The largest absolute Gasteiger partial charge is 0.495 e. The number of para-hydroxylation sites is 2. The number of benzene rings is 1. The van der Waals surface area contributed by atoms with E-state index in [0.29, 0.717) is 11.4 Å². The van der Waals surface area contributed by atoms with E-state index < -0.39 is 0 Å². The van der Waals surface area contributed by atoms with Gasteiger partial charge in [0.25, 0.3) is 0 Å². The van der Waals surface area contributed by atoms with E-state index >= 15 is 0 Å². The number of nitrogens with zero attached hydrogens (tertiary/aromatic N) is 4. The number of rotatable bonds is 3. The fraction of sp³-hybridized carbons (Fsp3) is 0.389. The predicted octanol–water partition coefficient (Wildman–Crippen LogP) is 2.29. The number of fused-ring (bicyclic) bond motifs is 2. The van der Waals surface area contributed by atoms with E-state index in [1.54, 1.807) is 13.3 Å². The molecule has 0 spiro atoms. The van der Waals surface area contributed by atoms with Crippen LogP contribution in [0.15, 0.2) is 36.5 Å². The van der Waals surface area contributed by atoms with E-state index in [1.165, 1.54) is 0 Å². The lowest BCUT2D eigenvalue weighted by atomic mass is 9.88. The van der Waals surface area contributed by atoms with Crippen molar-refractivity contribution in [2.45, 2.75) is 25.4 Å². The number of hydrogen-bond donors (Lipinski definition) is 1. The molecule has 3 aliphatic heterocycles. The SMILES string of the molecule is COc1ccccc1NC(=O)N1C2CC1CN(c1ccnc(C)n1)C2. The monoisotopic (exact) mass is 339 g/mol. The van der Waals surface area contributed by atoms with Crippen molar-refractivity contribution >= 4 is 17.5 Å². The minimum absolute atomic E-state index is 0.0655. The molecule has 5 rings (SSSR count). The summed E-state index contributed by atoms with van der Waals surface area (Å²) in [7, 11) is 1.60. The van der Waals surface area contributed by atoms with Crippen molar-refractivity contribution in [3.8, 4) is 5.75 Å². The molecule has 0 aliphatic carbocycles. The number of carbonyl (C=O) groups is 1. The number of aromatic nitrogens is 2. The Morgan fingerprint density at radius 3 is 2.72 bits per heavy atom. The van der Waals surface area contributed by atoms with E-state index in [2.05, 4.69) is 20.2 Å². The molecule has 0 radical (unpaired) electrons. The quantitative estimate of drug-likeness (QED) is 0.929. The number of carbonyl (C=O) groups excluding carboxylic acids is 1. The van der Waals surface area contributed by atoms with Crippen LogP contribution in [0.3, 0.4) is 0 Å². The van der Waals surface area contributed by atoms with Gasteiger partial charge in [0.15, 0.2) is 0 Å². The molecule has 3 fully saturated rings. The van der Waals surface area contributed by atoms with E-state index in [4.69, 9.17) is 4.74 Å². The Kier molecular flexibility index (Phi) is 3.91. The zero-order valence-electron chi connectivity index (χ0n) is 14.3. The number of piperidine rings is 1. The van der Waals surface area contributed by atoms with Crippen LogP contribution in [0.4, 0.5) is 16.3 Å². The molecule has 4 heterocycles. The summed E-state index contributed by atoms with van der Waals surface area (Å²) in [5.41, 5.74) is 0.697. The molecule has 25 heavy (non-hydrogen) atoms. The highest BCUT2D eigenvalue weighted by molar-refractivity contribution is 5.92. The van der Waals surface area contributed by atoms with Gasteiger partial charge in [0.05, 0.1) is 24.9 Å². The molecule has 1 N–H and O–H groups in total. The molecule has 2 atom stereocenters. The lowest BCUT2D eigenvalue weighted by Gasteiger charge is -2.56. The summed E-state index contributed by atoms with van der Waals surface area (Å²) >= 11 is 0. The number of aryl methyl sites for hydroxylation is 1. The number of hydrogen-bond acceptors (Lipinski definition) is 5. The number of urea groups is 1. The van der Waals surface area contributed by atoms with Crippen molar-refractivity contribution < 1.29 is 9.53 Å². The number of ether oxygens (including phenoxy) is 1. The molecule has 0 saturated carbocycles. The number of methoxy groups -OCH3 is 1. The van der Waals surface area contributed by atoms with Gasteiger partial charge >= 0.3 is 6.03 Å². The molecule has 3 aliphatic rings. The third-order valence-corrected chi connectivity index (χ3v) is 4.86. The van der Waals surface area contributed by atoms with Crippen LogP contribution in [-0.4, -0.2) is 53.2 Å². The topological polar surface area (TPSA) is 70.6 Å². The molecular formula is C18H21N5O2. The maximum Gasteiger partial charge on any atom is 0.322 e. The number of nitrogens with one attached hydrogen (secondary N) is 1. The van der Waals surface area contributed by atoms with Crippen LogP contribution in [0, 0.1) is 6.92 Å². The molecule has 7 nitrogen and oxygen atoms in total. The minimum Gasteiger partial charge on any atom is -0.495 e. The third kappa shape index (κ3) is 2.86. The van der Waals surface area contributed by atoms with Crippen molar-refractivity contribution in [3.05, 3.63) is 42.4 Å². The predicted molar refractivity (Wildman–Crippen MR) is 95.0 cm³/mol. The molecule has 2 unspecified atom stereocenters. The van der Waals surface area contributed by atoms with Crippen LogP contribution in [0.2, 0.25) is 0 Å². The van der Waals surface area contributed by atoms with Crippen molar-refractivity contribution in [3.63, 3.8) is 0 Å². The van der Waals surface area contributed by atoms with Crippen LogP contribution in [-0.2, 0) is 0 Å². The van der Waals surface area contributed by atoms with E-state index in [0.717, 1.165) is 31.2 Å². The lowest BCUT2D eigenvalue weighted by molar-refractivity contribution is 0.0436. The van der Waals surface area contributed by atoms with Gasteiger partial charge in [0.2, 0.25) is 0 Å². The zero-order chi connectivity index (χ0) is 17.4. The van der Waals surface area contributed by atoms with Crippen molar-refractivity contribution in [2.75, 3.05) is 30.4 Å². The highest BCUT2D eigenvalue weighted by Crippen LogP contribution is 2.35. The Hall–Kier alpha value is -2.83. The molecular weight excluding hydrogens is 318 g/mol. The first-order chi connectivity index (χ1) is 12.2. The molecule has 130 valence electrons. The molecule has 2 amide bonds. The summed E-state index contributed by atoms with van der Waals surface area (Å²) < 4.78 is 5.30. The fourth-order valence-electron chi connectivity index (χ4n) is 3.68. The third-order valence-electron chi connectivity index (χ3n) is 4.86. The highest BCUT2D eigenvalue weighted by Gasteiger charge is 2.47. The molecule has 2 aromatic rings. The molecule has 2 bridgehead atoms. The average Bonchev–Trinajstić information content (AvgIpc) is 2.62. The van der Waals surface area contributed by atoms with E-state index in [1.807, 2.05) is 42.2 Å². The first-order valence-corrected chi connectivity index (χ1v) is 8.42. The first kappa shape index (κ1) is 15.7. The molecule has 1 aromatic heterocycles. The van der Waals surface area contributed by atoms with Crippen LogP contribution in [0.1, 0.15) is 12.2 Å². The van der Waals surface area contributed by atoms with E-state index in [-0.39, 0.29) is 18.1 Å². The summed E-state index contributed by atoms with van der Waals surface area (Å²) in [6, 6.07) is 9.74. The van der Waals surface area contributed by atoms with Crippen molar-refractivity contribution in [2.24, 2.45) is 0 Å². The van der Waals surface area contributed by atoms with Crippen LogP contribution >= 0.6 is 0 Å². The lowest BCUT2D eigenvalue weighted by Crippen LogP contribution is -2.71. The van der Waals surface area contributed by atoms with Gasteiger partial charge in [-0.15, -0.1) is 0 Å². The van der Waals surface area contributed by atoms with Crippen LogP contribution in [0.5, 0.6) is 5.75 Å². The van der Waals surface area contributed by atoms with Crippen molar-refractivity contribution in [1.29, 1.82) is 0 Å². The zero-order valence-corrected chi connectivity index (χ0v) is 14.3. The number of anilines is 2. The first-order valence-electron chi connectivity index (χ1n) is 8.42. The summed E-state index contributed by atoms with van der Waals surface area (Å²) in [6.45, 7) is 3.49. The van der Waals surface area contributed by atoms with Gasteiger partial charge in [-0.1, -0.05) is 12.1 Å². The van der Waals surface area contributed by atoms with Crippen molar-refractivity contribution in [1.82, 2.24) is 14.9 Å². The normalized spacial score (nSPS) is 21.5. The fourth-order valence-corrected chi connectivity index (χ4v) is 3.68. The average molecular weight is 339 g/mol. The maximum absolute atomic E-state index is 12.7. The Balaban J connectivity index is 1.43. The van der Waals surface area contributed by atoms with Crippen LogP contribution in [0.25, 0.3) is 0 Å². The second kappa shape index (κ2) is 6.23. The molecule has 1 aromatic carbocycles. The van der Waals surface area contributed by atoms with Gasteiger partial charge in [-0.2, -0.15) is 0 Å². The van der Waals surface area contributed by atoms with Gasteiger partial charge < -0.3 is 19.9 Å². The summed E-state index contributed by atoms with van der Waals surface area (Å²) in [4.78, 5) is 25.5. The van der Waals surface area contributed by atoms with Gasteiger partial charge in [-0.25, -0.2) is 14.8 Å². The second-order valence-electron chi connectivity index (χ2n) is 6.45. The Morgan fingerprint density at radius 2 is 2.00 bits per heavy atom. The Labute approximate surface area is 146 Å². The summed E-state index contributed by atoms with van der Waals surface area (Å²) in [6.07, 6.45) is 2.82. The minimum atomic E-state index is -0.0655.